The van der Waals surface area contributed by atoms with Gasteiger partial charge in [0.2, 0.25) is 0 Å². The highest BCUT2D eigenvalue weighted by Gasteiger charge is 2.16. The van der Waals surface area contributed by atoms with E-state index in [0.29, 0.717) is 11.4 Å². The molecule has 3 aromatic rings. The third-order valence-corrected chi connectivity index (χ3v) is 5.00. The molecule has 6 heteroatoms. The molecular weight excluding hydrogens is 364 g/mol. The summed E-state index contributed by atoms with van der Waals surface area (Å²) in [5.74, 6) is 2.01. The van der Waals surface area contributed by atoms with E-state index in [1.807, 2.05) is 48.5 Å². The Kier molecular flexibility index (Phi) is 5.70. The van der Waals surface area contributed by atoms with Crippen LogP contribution < -0.4 is 10.2 Å². The van der Waals surface area contributed by atoms with Crippen molar-refractivity contribution in [1.29, 1.82) is 0 Å². The summed E-state index contributed by atoms with van der Waals surface area (Å²) in [6, 6.07) is 19.2. The lowest BCUT2D eigenvalue weighted by Crippen LogP contribution is -2.30. The van der Waals surface area contributed by atoms with Crippen molar-refractivity contribution in [3.63, 3.8) is 0 Å². The average Bonchev–Trinajstić information content (AvgIpc) is 2.80. The Bertz CT molecular complexity index is 968. The first-order valence-electron chi connectivity index (χ1n) is 9.88. The average molecular weight is 388 g/mol. The molecule has 4 rings (SSSR count). The van der Waals surface area contributed by atoms with E-state index in [2.05, 4.69) is 10.2 Å². The van der Waals surface area contributed by atoms with Gasteiger partial charge in [0.05, 0.1) is 12.7 Å². The molecule has 0 radical (unpaired) electrons. The Labute approximate surface area is 170 Å². The minimum atomic E-state index is -0.350. The van der Waals surface area contributed by atoms with E-state index < -0.39 is 0 Å². The van der Waals surface area contributed by atoms with E-state index in [0.717, 1.165) is 36.0 Å². The highest BCUT2D eigenvalue weighted by atomic mass is 16.5. The van der Waals surface area contributed by atoms with Crippen molar-refractivity contribution >= 4 is 23.3 Å². The molecule has 2 aromatic carbocycles. The van der Waals surface area contributed by atoms with Crippen molar-refractivity contribution in [2.45, 2.75) is 19.3 Å². The number of methoxy groups -OCH3 is 1. The number of ether oxygens (including phenoxy) is 1. The normalized spacial score (nSPS) is 13.8. The molecule has 1 aliphatic heterocycles. The molecular formula is C23H24N4O2. The van der Waals surface area contributed by atoms with Crippen LogP contribution in [-0.4, -0.2) is 36.1 Å². The van der Waals surface area contributed by atoms with Gasteiger partial charge in [-0.2, -0.15) is 0 Å². The molecule has 0 unspecified atom stereocenters. The maximum Gasteiger partial charge on any atom is 0.337 e. The molecule has 2 heterocycles. The van der Waals surface area contributed by atoms with Gasteiger partial charge < -0.3 is 15.0 Å². The van der Waals surface area contributed by atoms with Crippen LogP contribution in [0.15, 0.2) is 60.7 Å². The molecule has 1 aromatic heterocycles. The Morgan fingerprint density at radius 2 is 1.69 bits per heavy atom. The first-order chi connectivity index (χ1) is 14.2. The molecule has 0 atom stereocenters. The molecule has 6 nitrogen and oxygen atoms in total. The molecule has 1 saturated heterocycles. The molecule has 0 spiro atoms. The number of hydrogen-bond acceptors (Lipinski definition) is 6. The fraction of sp³-hybridized carbons (Fsp3) is 0.261. The number of benzene rings is 2. The fourth-order valence-corrected chi connectivity index (χ4v) is 3.46. The van der Waals surface area contributed by atoms with Crippen LogP contribution in [0.1, 0.15) is 29.6 Å². The number of rotatable bonds is 5. The molecule has 0 bridgehead atoms. The molecule has 148 valence electrons. The number of carbonyl (C=O) groups is 1. The van der Waals surface area contributed by atoms with Crippen molar-refractivity contribution in [1.82, 2.24) is 9.97 Å². The Morgan fingerprint density at radius 3 is 2.38 bits per heavy atom. The van der Waals surface area contributed by atoms with E-state index in [9.17, 15) is 4.79 Å². The highest BCUT2D eigenvalue weighted by molar-refractivity contribution is 5.89. The second-order valence-electron chi connectivity index (χ2n) is 7.04. The molecule has 1 aliphatic rings. The molecule has 0 saturated carbocycles. The zero-order chi connectivity index (χ0) is 20.1. The molecule has 1 fully saturated rings. The maximum absolute atomic E-state index is 11.6. The summed E-state index contributed by atoms with van der Waals surface area (Å²) in [5, 5.41) is 3.35. The van der Waals surface area contributed by atoms with E-state index in [1.54, 1.807) is 12.1 Å². The standard InChI is InChI=1S/C23H24N4O2/c1-29-23(28)18-10-12-19(13-11-18)24-20-16-21(27-14-6-3-7-15-27)26-22(25-20)17-8-4-2-5-9-17/h2,4-5,8-13,16H,3,6-7,14-15H2,1H3,(H,24,25,26). The van der Waals surface area contributed by atoms with Gasteiger partial charge in [-0.25, -0.2) is 14.8 Å². The number of aromatic nitrogens is 2. The molecule has 29 heavy (non-hydrogen) atoms. The maximum atomic E-state index is 11.6. The summed E-state index contributed by atoms with van der Waals surface area (Å²) in [5.41, 5.74) is 2.34. The monoisotopic (exact) mass is 388 g/mol. The summed E-state index contributed by atoms with van der Waals surface area (Å²) in [4.78, 5) is 23.5. The summed E-state index contributed by atoms with van der Waals surface area (Å²) >= 11 is 0. The third-order valence-electron chi connectivity index (χ3n) is 5.00. The van der Waals surface area contributed by atoms with Gasteiger partial charge in [-0.15, -0.1) is 0 Å². The first kappa shape index (κ1) is 18.9. The van der Waals surface area contributed by atoms with E-state index >= 15 is 0 Å². The van der Waals surface area contributed by atoms with E-state index in [4.69, 9.17) is 14.7 Å². The topological polar surface area (TPSA) is 67.3 Å². The Hall–Kier alpha value is -3.41. The number of nitrogens with zero attached hydrogens (tertiary/aromatic N) is 3. The zero-order valence-electron chi connectivity index (χ0n) is 16.5. The van der Waals surface area contributed by atoms with E-state index in [1.165, 1.54) is 26.4 Å². The molecule has 0 aliphatic carbocycles. The van der Waals surface area contributed by atoms with Gasteiger partial charge in [0.15, 0.2) is 5.82 Å². The van der Waals surface area contributed by atoms with Crippen LogP contribution in [-0.2, 0) is 4.74 Å². The highest BCUT2D eigenvalue weighted by Crippen LogP contribution is 2.26. The van der Waals surface area contributed by atoms with Crippen molar-refractivity contribution in [3.05, 3.63) is 66.2 Å². The SMILES string of the molecule is COC(=O)c1ccc(Nc2cc(N3CCCCC3)nc(-c3ccccc3)n2)cc1. The van der Waals surface area contributed by atoms with Crippen LogP contribution in [0.25, 0.3) is 11.4 Å². The summed E-state index contributed by atoms with van der Waals surface area (Å²) < 4.78 is 4.76. The van der Waals surface area contributed by atoms with Gasteiger partial charge in [0.25, 0.3) is 0 Å². The largest absolute Gasteiger partial charge is 0.465 e. The van der Waals surface area contributed by atoms with Crippen molar-refractivity contribution < 1.29 is 9.53 Å². The lowest BCUT2D eigenvalue weighted by atomic mass is 10.1. The predicted octanol–water partition coefficient (Wildman–Crippen LogP) is 4.66. The van der Waals surface area contributed by atoms with Crippen LogP contribution in [0, 0.1) is 0 Å². The van der Waals surface area contributed by atoms with Gasteiger partial charge in [-0.05, 0) is 43.5 Å². The first-order valence-corrected chi connectivity index (χ1v) is 9.88. The number of carbonyl (C=O) groups excluding carboxylic acids is 1. The smallest absolute Gasteiger partial charge is 0.337 e. The van der Waals surface area contributed by atoms with Gasteiger partial charge in [0.1, 0.15) is 11.6 Å². The summed E-state index contributed by atoms with van der Waals surface area (Å²) in [6.45, 7) is 2.02. The van der Waals surface area contributed by atoms with Crippen molar-refractivity contribution in [3.8, 4) is 11.4 Å². The molecule has 0 amide bonds. The van der Waals surface area contributed by atoms with Crippen LogP contribution >= 0.6 is 0 Å². The van der Waals surface area contributed by atoms with Crippen molar-refractivity contribution in [2.24, 2.45) is 0 Å². The van der Waals surface area contributed by atoms with Crippen LogP contribution in [0.3, 0.4) is 0 Å². The Balaban J connectivity index is 1.65. The van der Waals surface area contributed by atoms with Crippen LogP contribution in [0.2, 0.25) is 0 Å². The fourth-order valence-electron chi connectivity index (χ4n) is 3.46. The zero-order valence-corrected chi connectivity index (χ0v) is 16.5. The summed E-state index contributed by atoms with van der Waals surface area (Å²) in [7, 11) is 1.38. The van der Waals surface area contributed by atoms with Gasteiger partial charge in [-0.3, -0.25) is 0 Å². The Morgan fingerprint density at radius 1 is 0.966 bits per heavy atom. The predicted molar refractivity (Wildman–Crippen MR) is 115 cm³/mol. The molecule has 1 N–H and O–H groups in total. The van der Waals surface area contributed by atoms with Crippen LogP contribution in [0.5, 0.6) is 0 Å². The van der Waals surface area contributed by atoms with E-state index in [-0.39, 0.29) is 5.97 Å². The third kappa shape index (κ3) is 4.54. The number of nitrogens with one attached hydrogen (secondary N) is 1. The minimum absolute atomic E-state index is 0.350. The lowest BCUT2D eigenvalue weighted by molar-refractivity contribution is 0.0601. The van der Waals surface area contributed by atoms with Crippen LogP contribution in [0.4, 0.5) is 17.3 Å². The number of anilines is 3. The minimum Gasteiger partial charge on any atom is -0.465 e. The second-order valence-corrected chi connectivity index (χ2v) is 7.04. The second kappa shape index (κ2) is 8.73. The number of piperidine rings is 1. The number of esters is 1. The van der Waals surface area contributed by atoms with Gasteiger partial charge in [-0.1, -0.05) is 30.3 Å². The van der Waals surface area contributed by atoms with Gasteiger partial charge in [0, 0.05) is 30.4 Å². The quantitative estimate of drug-likeness (QED) is 0.641. The lowest BCUT2D eigenvalue weighted by Gasteiger charge is -2.28. The van der Waals surface area contributed by atoms with Crippen molar-refractivity contribution in [2.75, 3.05) is 30.4 Å². The number of hydrogen-bond donors (Lipinski definition) is 1. The summed E-state index contributed by atoms with van der Waals surface area (Å²) in [6.07, 6.45) is 3.63. The van der Waals surface area contributed by atoms with Gasteiger partial charge >= 0.3 is 5.97 Å².